The topological polar surface area (TPSA) is 26.0 Å². The number of benzene rings is 1. The Kier molecular flexibility index (Phi) is 5.54. The lowest BCUT2D eigenvalue weighted by molar-refractivity contribution is -0.138. The van der Waals surface area contributed by atoms with Crippen LogP contribution in [0.2, 0.25) is 5.02 Å². The summed E-state index contributed by atoms with van der Waals surface area (Å²) in [5.41, 5.74) is 4.75. The summed E-state index contributed by atoms with van der Waals surface area (Å²) in [6.07, 6.45) is -4.44. The summed E-state index contributed by atoms with van der Waals surface area (Å²) in [6.45, 7) is 5.39. The highest BCUT2D eigenvalue weighted by Gasteiger charge is 2.37. The lowest BCUT2D eigenvalue weighted by Gasteiger charge is -2.29. The van der Waals surface area contributed by atoms with Crippen molar-refractivity contribution in [1.29, 1.82) is 0 Å². The molecule has 0 spiro atoms. The first kappa shape index (κ1) is 17.6. The molecule has 0 saturated carbocycles. The predicted octanol–water partition coefficient (Wildman–Crippen LogP) is 4.83. The summed E-state index contributed by atoms with van der Waals surface area (Å²) in [6, 6.07) is 3.00. The van der Waals surface area contributed by atoms with Crippen LogP contribution in [-0.4, -0.2) is 0 Å². The van der Waals surface area contributed by atoms with Gasteiger partial charge < -0.3 is 5.73 Å². The molecule has 0 bridgehead atoms. The highest BCUT2D eigenvalue weighted by Crippen LogP contribution is 2.40. The molecule has 0 radical (unpaired) electrons. The molecule has 0 unspecified atom stereocenters. The van der Waals surface area contributed by atoms with Crippen molar-refractivity contribution in [1.82, 2.24) is 0 Å². The van der Waals surface area contributed by atoms with Crippen LogP contribution in [0.1, 0.15) is 37.9 Å². The molecule has 0 aromatic heterocycles. The molecule has 0 aliphatic heterocycles. The Balaban J connectivity index is 0.00000289. The van der Waals surface area contributed by atoms with Crippen molar-refractivity contribution in [3.05, 3.63) is 34.3 Å². The van der Waals surface area contributed by atoms with E-state index in [1.165, 1.54) is 12.1 Å². The molecule has 104 valence electrons. The van der Waals surface area contributed by atoms with Crippen LogP contribution in [0.3, 0.4) is 0 Å². The first-order valence-corrected chi connectivity index (χ1v) is 5.53. The highest BCUT2D eigenvalue weighted by molar-refractivity contribution is 6.30. The van der Waals surface area contributed by atoms with E-state index in [0.29, 0.717) is 0 Å². The van der Waals surface area contributed by atoms with E-state index in [9.17, 15) is 13.2 Å². The Morgan fingerprint density at radius 2 is 1.67 bits per heavy atom. The van der Waals surface area contributed by atoms with E-state index in [2.05, 4.69) is 0 Å². The lowest BCUT2D eigenvalue weighted by Crippen LogP contribution is -2.28. The maximum atomic E-state index is 12.9. The second-order valence-corrected chi connectivity index (χ2v) is 5.51. The number of nitrogens with two attached hydrogens (primary N) is 1. The van der Waals surface area contributed by atoms with Gasteiger partial charge in [-0.15, -0.1) is 12.4 Å². The van der Waals surface area contributed by atoms with Gasteiger partial charge in [0, 0.05) is 11.1 Å². The number of alkyl halides is 3. The minimum atomic E-state index is -4.44. The normalized spacial score (nSPS) is 14.0. The van der Waals surface area contributed by atoms with E-state index in [1.54, 1.807) is 20.8 Å². The third-order valence-corrected chi connectivity index (χ3v) is 2.82. The number of halogens is 5. The van der Waals surface area contributed by atoms with Crippen molar-refractivity contribution in [2.75, 3.05) is 0 Å². The average Bonchev–Trinajstić information content (AvgIpc) is 2.14. The van der Waals surface area contributed by atoms with Gasteiger partial charge in [0.05, 0.1) is 5.56 Å². The fourth-order valence-electron chi connectivity index (χ4n) is 1.51. The molecular formula is C12H16Cl2F3N. The molecule has 0 saturated heterocycles. The Bertz CT molecular complexity index is 411. The average molecular weight is 302 g/mol. The number of hydrogen-bond acceptors (Lipinski definition) is 1. The first-order chi connectivity index (χ1) is 7.53. The van der Waals surface area contributed by atoms with Gasteiger partial charge in [-0.3, -0.25) is 0 Å². The standard InChI is InChI=1S/C12H15ClF3N.ClH/c1-11(2,3)10(17)8-5-4-7(13)6-9(8)12(14,15)16;/h4-6,10H,17H2,1-3H3;1H/t10-;/m1./s1. The number of hydrogen-bond donors (Lipinski definition) is 1. The predicted molar refractivity (Wildman–Crippen MR) is 70.1 cm³/mol. The first-order valence-electron chi connectivity index (χ1n) is 5.15. The van der Waals surface area contributed by atoms with Crippen LogP contribution in [0, 0.1) is 5.41 Å². The van der Waals surface area contributed by atoms with Gasteiger partial charge in [-0.05, 0) is 23.1 Å². The second kappa shape index (κ2) is 5.68. The molecule has 0 aliphatic carbocycles. The molecule has 1 aromatic carbocycles. The van der Waals surface area contributed by atoms with Gasteiger partial charge in [0.2, 0.25) is 0 Å². The van der Waals surface area contributed by atoms with Crippen LogP contribution in [0.15, 0.2) is 18.2 Å². The van der Waals surface area contributed by atoms with Gasteiger partial charge >= 0.3 is 6.18 Å². The van der Waals surface area contributed by atoms with Crippen LogP contribution >= 0.6 is 24.0 Å². The third kappa shape index (κ3) is 4.04. The van der Waals surface area contributed by atoms with Gasteiger partial charge in [-0.25, -0.2) is 0 Å². The van der Waals surface area contributed by atoms with Gasteiger partial charge in [-0.1, -0.05) is 38.4 Å². The largest absolute Gasteiger partial charge is 0.416 e. The zero-order chi connectivity index (χ0) is 13.4. The fourth-order valence-corrected chi connectivity index (χ4v) is 1.68. The maximum Gasteiger partial charge on any atom is 0.416 e. The summed E-state index contributed by atoms with van der Waals surface area (Å²) in [4.78, 5) is 0. The molecule has 0 aliphatic rings. The summed E-state index contributed by atoms with van der Waals surface area (Å²) < 4.78 is 38.6. The van der Waals surface area contributed by atoms with Crippen LogP contribution in [-0.2, 0) is 6.18 Å². The molecule has 18 heavy (non-hydrogen) atoms. The Labute approximate surface area is 116 Å². The van der Waals surface area contributed by atoms with Crippen LogP contribution in [0.25, 0.3) is 0 Å². The van der Waals surface area contributed by atoms with Crippen molar-refractivity contribution in [2.45, 2.75) is 33.0 Å². The second-order valence-electron chi connectivity index (χ2n) is 5.07. The molecule has 0 fully saturated rings. The zero-order valence-electron chi connectivity index (χ0n) is 10.3. The summed E-state index contributed by atoms with van der Waals surface area (Å²) in [5, 5.41) is 0.0576. The summed E-state index contributed by atoms with van der Waals surface area (Å²) in [7, 11) is 0. The Hall–Kier alpha value is -0.450. The number of rotatable bonds is 1. The van der Waals surface area contributed by atoms with Gasteiger partial charge in [-0.2, -0.15) is 13.2 Å². The Morgan fingerprint density at radius 1 is 1.17 bits per heavy atom. The molecule has 0 amide bonds. The smallest absolute Gasteiger partial charge is 0.324 e. The van der Waals surface area contributed by atoms with Crippen LogP contribution in [0.5, 0.6) is 0 Å². The molecular weight excluding hydrogens is 286 g/mol. The monoisotopic (exact) mass is 301 g/mol. The summed E-state index contributed by atoms with van der Waals surface area (Å²) in [5.74, 6) is 0. The molecule has 1 nitrogen and oxygen atoms in total. The van der Waals surface area contributed by atoms with Crippen molar-refractivity contribution < 1.29 is 13.2 Å². The quantitative estimate of drug-likeness (QED) is 0.790. The highest BCUT2D eigenvalue weighted by atomic mass is 35.5. The van der Waals surface area contributed by atoms with E-state index in [-0.39, 0.29) is 23.0 Å². The molecule has 1 rings (SSSR count). The maximum absolute atomic E-state index is 12.9. The van der Waals surface area contributed by atoms with Crippen molar-refractivity contribution in [3.8, 4) is 0 Å². The van der Waals surface area contributed by atoms with E-state index >= 15 is 0 Å². The minimum Gasteiger partial charge on any atom is -0.324 e. The SMILES string of the molecule is CC(C)(C)[C@H](N)c1ccc(Cl)cc1C(F)(F)F.Cl. The van der Waals surface area contributed by atoms with Gasteiger partial charge in [0.15, 0.2) is 0 Å². The van der Waals surface area contributed by atoms with Crippen molar-refractivity contribution in [3.63, 3.8) is 0 Å². The Morgan fingerprint density at radius 3 is 2.06 bits per heavy atom. The van der Waals surface area contributed by atoms with E-state index < -0.39 is 23.2 Å². The summed E-state index contributed by atoms with van der Waals surface area (Å²) >= 11 is 5.60. The van der Waals surface area contributed by atoms with E-state index in [1.807, 2.05) is 0 Å². The lowest BCUT2D eigenvalue weighted by atomic mass is 9.81. The molecule has 6 heteroatoms. The van der Waals surface area contributed by atoms with Gasteiger partial charge in [0.1, 0.15) is 0 Å². The van der Waals surface area contributed by atoms with Crippen molar-refractivity contribution >= 4 is 24.0 Å². The van der Waals surface area contributed by atoms with Crippen LogP contribution in [0.4, 0.5) is 13.2 Å². The third-order valence-electron chi connectivity index (χ3n) is 2.59. The fraction of sp³-hybridized carbons (Fsp3) is 0.500. The molecule has 2 N–H and O–H groups in total. The molecule has 1 atom stereocenters. The van der Waals surface area contributed by atoms with E-state index in [4.69, 9.17) is 17.3 Å². The van der Waals surface area contributed by atoms with Crippen molar-refractivity contribution in [2.24, 2.45) is 11.1 Å². The van der Waals surface area contributed by atoms with E-state index in [0.717, 1.165) is 6.07 Å². The minimum absolute atomic E-state index is 0. The van der Waals surface area contributed by atoms with Crippen LogP contribution < -0.4 is 5.73 Å². The molecule has 1 aromatic rings. The zero-order valence-corrected chi connectivity index (χ0v) is 11.9. The molecule has 0 heterocycles. The van der Waals surface area contributed by atoms with Gasteiger partial charge in [0.25, 0.3) is 0 Å².